The molecule has 15 heavy (non-hydrogen) atoms. The Morgan fingerprint density at radius 1 is 0.800 bits per heavy atom. The predicted molar refractivity (Wildman–Crippen MR) is 57.4 cm³/mol. The van der Waals surface area contributed by atoms with Crippen LogP contribution in [0.4, 0.5) is 0 Å². The monoisotopic (exact) mass is 276 g/mol. The predicted octanol–water partition coefficient (Wildman–Crippen LogP) is -5.99. The zero-order chi connectivity index (χ0) is 8.31. The third-order valence-corrected chi connectivity index (χ3v) is 0.805. The van der Waals surface area contributed by atoms with Gasteiger partial charge in [-0.05, 0) is 0 Å². The van der Waals surface area contributed by atoms with E-state index in [1.165, 1.54) is 0 Å². The van der Waals surface area contributed by atoms with Crippen LogP contribution in [-0.4, -0.2) is 152 Å². The second-order valence-electron chi connectivity index (χ2n) is 1.57. The van der Waals surface area contributed by atoms with Gasteiger partial charge in [0.05, 0.1) is 0 Å². The van der Waals surface area contributed by atoms with Gasteiger partial charge in [-0.3, -0.25) is 0 Å². The number of aliphatic hydroxyl groups is 2. The van der Waals surface area contributed by atoms with Crippen molar-refractivity contribution in [1.29, 1.82) is 0 Å². The fourth-order valence-corrected chi connectivity index (χ4v) is 0.270. The summed E-state index contributed by atoms with van der Waals surface area (Å²) in [6.07, 6.45) is -4.53. The van der Waals surface area contributed by atoms with Crippen LogP contribution in [0, 0.1) is 0 Å². The van der Waals surface area contributed by atoms with Crippen molar-refractivity contribution in [2.45, 2.75) is 12.2 Å². The molecule has 0 bridgehead atoms. The third kappa shape index (κ3) is 16.0. The molecule has 0 aromatic carbocycles. The van der Waals surface area contributed by atoms with Gasteiger partial charge in [0.15, 0.2) is 12.2 Å². The van der Waals surface area contributed by atoms with Crippen molar-refractivity contribution < 1.29 is 41.0 Å². The first kappa shape index (κ1) is 36.0. The van der Waals surface area contributed by atoms with Gasteiger partial charge in [-0.25, -0.2) is 9.59 Å². The van der Waals surface area contributed by atoms with Crippen molar-refractivity contribution in [2.75, 3.05) is 0 Å². The number of carboxylic acid groups (broad SMARTS) is 2. The van der Waals surface area contributed by atoms with Gasteiger partial charge < -0.3 is 31.4 Å². The van der Waals surface area contributed by atoms with Crippen LogP contribution in [0.3, 0.4) is 0 Å². The first-order chi connectivity index (χ1) is 4.46. The molecule has 0 saturated heterocycles. The Hall–Kier alpha value is 2.04. The van der Waals surface area contributed by atoms with E-state index < -0.39 is 24.1 Å². The molecule has 11 heteroatoms. The summed E-state index contributed by atoms with van der Waals surface area (Å²) < 4.78 is 0. The Morgan fingerprint density at radius 3 is 1.00 bits per heavy atom. The topological polar surface area (TPSA) is 178 Å². The maximum absolute atomic E-state index is 9.77. The molecule has 0 rings (SSSR count). The minimum atomic E-state index is -2.27. The molecule has 8 N–H and O–H groups in total. The summed E-state index contributed by atoms with van der Waals surface area (Å²) in [5.41, 5.74) is 0. The Kier molecular flexibility index (Phi) is 44.1. The van der Waals surface area contributed by atoms with Crippen molar-refractivity contribution in [3.05, 3.63) is 0 Å². The van der Waals surface area contributed by atoms with E-state index in [1.807, 2.05) is 0 Å². The Morgan fingerprint density at radius 2 is 0.933 bits per heavy atom. The maximum atomic E-state index is 9.77. The van der Waals surface area contributed by atoms with E-state index in [0.717, 1.165) is 0 Å². The van der Waals surface area contributed by atoms with Crippen molar-refractivity contribution >= 4 is 109 Å². The number of carboxylic acids is 2. The van der Waals surface area contributed by atoms with Crippen LogP contribution in [-0.2, 0) is 9.59 Å². The molecule has 0 amide bonds. The van der Waals surface area contributed by atoms with Crippen LogP contribution >= 0.6 is 0 Å². The molecule has 0 saturated carbocycles. The molecular formula is C4H14CaNa2O8. The van der Waals surface area contributed by atoms with Crippen LogP contribution in [0.15, 0.2) is 0 Å². The molecule has 0 spiro atoms. The molecule has 0 heterocycles. The van der Waals surface area contributed by atoms with Gasteiger partial charge in [0.2, 0.25) is 0 Å². The molecule has 0 aromatic heterocycles. The number of aliphatic hydroxyl groups excluding tert-OH is 2. The number of rotatable bonds is 3. The number of hydrogen-bond acceptors (Lipinski definition) is 4. The number of hydrogen-bond donors (Lipinski definition) is 4. The van der Waals surface area contributed by atoms with E-state index in [1.54, 1.807) is 0 Å². The normalized spacial score (nSPS) is 10.5. The van der Waals surface area contributed by atoms with Gasteiger partial charge in [-0.1, -0.05) is 0 Å². The summed E-state index contributed by atoms with van der Waals surface area (Å²) in [5.74, 6) is -3.54. The molecule has 0 aliphatic carbocycles. The quantitative estimate of drug-likeness (QED) is 0.372. The van der Waals surface area contributed by atoms with Gasteiger partial charge in [-0.15, -0.1) is 0 Å². The van der Waals surface area contributed by atoms with E-state index in [9.17, 15) is 9.59 Å². The molecule has 82 valence electrons. The SMILES string of the molecule is O.O.O=C(O)C(O)C(O)C(=O)O.[CaH2].[NaH].[NaH]. The van der Waals surface area contributed by atoms with Crippen LogP contribution in [0.5, 0.6) is 0 Å². The molecule has 2 unspecified atom stereocenters. The second kappa shape index (κ2) is 18.4. The van der Waals surface area contributed by atoms with E-state index >= 15 is 0 Å². The summed E-state index contributed by atoms with van der Waals surface area (Å²) in [7, 11) is 0. The first-order valence-electron chi connectivity index (χ1n) is 2.28. The Labute approximate surface area is 159 Å². The summed E-state index contributed by atoms with van der Waals surface area (Å²) in [4.78, 5) is 19.5. The van der Waals surface area contributed by atoms with E-state index in [2.05, 4.69) is 0 Å². The van der Waals surface area contributed by atoms with Gasteiger partial charge >= 0.3 is 109 Å². The summed E-state index contributed by atoms with van der Waals surface area (Å²) in [6, 6.07) is 0. The van der Waals surface area contributed by atoms with Crippen molar-refractivity contribution in [3.63, 3.8) is 0 Å². The van der Waals surface area contributed by atoms with Gasteiger partial charge in [0.25, 0.3) is 0 Å². The van der Waals surface area contributed by atoms with E-state index in [0.29, 0.717) is 0 Å². The molecule has 2 atom stereocenters. The first-order valence-corrected chi connectivity index (χ1v) is 2.28. The zero-order valence-electron chi connectivity index (χ0n) is 5.76. The van der Waals surface area contributed by atoms with Gasteiger partial charge in [0.1, 0.15) is 0 Å². The van der Waals surface area contributed by atoms with Crippen molar-refractivity contribution in [3.8, 4) is 0 Å². The minimum absolute atomic E-state index is 0. The number of aliphatic carboxylic acids is 2. The fourth-order valence-electron chi connectivity index (χ4n) is 0.270. The second-order valence-corrected chi connectivity index (χ2v) is 1.57. The zero-order valence-corrected chi connectivity index (χ0v) is 5.76. The molecule has 0 aliphatic rings. The molecule has 0 radical (unpaired) electrons. The van der Waals surface area contributed by atoms with E-state index in [4.69, 9.17) is 20.4 Å². The fraction of sp³-hybridized carbons (Fsp3) is 0.500. The molecule has 8 nitrogen and oxygen atoms in total. The third-order valence-electron chi connectivity index (χ3n) is 0.805. The van der Waals surface area contributed by atoms with Crippen LogP contribution in [0.1, 0.15) is 0 Å². The Balaban J connectivity index is -0.0000000405. The van der Waals surface area contributed by atoms with Crippen LogP contribution in [0.2, 0.25) is 0 Å². The average molecular weight is 276 g/mol. The summed E-state index contributed by atoms with van der Waals surface area (Å²) in [5, 5.41) is 32.5. The Bertz CT molecular complexity index is 149. The summed E-state index contributed by atoms with van der Waals surface area (Å²) >= 11 is 0. The van der Waals surface area contributed by atoms with Gasteiger partial charge in [0, 0.05) is 0 Å². The standard InChI is InChI=1S/C4H6O6.Ca.2Na.2H2O.4H/c5-1(3(7)8)2(6)4(9)10;;;;;;;;;/h1-2,5-6H,(H,7,8)(H,9,10);;;;2*1H2;;;;. The van der Waals surface area contributed by atoms with Crippen molar-refractivity contribution in [1.82, 2.24) is 0 Å². The average Bonchev–Trinajstić information content (AvgIpc) is 1.84. The molecular weight excluding hydrogens is 262 g/mol. The summed E-state index contributed by atoms with van der Waals surface area (Å²) in [6.45, 7) is 0. The number of carbonyl (C=O) groups is 2. The van der Waals surface area contributed by atoms with Crippen LogP contribution in [0.25, 0.3) is 0 Å². The van der Waals surface area contributed by atoms with Gasteiger partial charge in [-0.2, -0.15) is 0 Å². The van der Waals surface area contributed by atoms with E-state index in [-0.39, 0.29) is 108 Å². The van der Waals surface area contributed by atoms with Crippen molar-refractivity contribution in [2.24, 2.45) is 0 Å². The molecule has 0 aromatic rings. The molecule has 0 fully saturated rings. The van der Waals surface area contributed by atoms with Crippen LogP contribution < -0.4 is 0 Å². The molecule has 0 aliphatic heterocycles.